The lowest BCUT2D eigenvalue weighted by Crippen LogP contribution is -2.59. The van der Waals surface area contributed by atoms with Gasteiger partial charge in [0.1, 0.15) is 30.2 Å². The Morgan fingerprint density at radius 3 is 1.28 bits per heavy atom. The van der Waals surface area contributed by atoms with Gasteiger partial charge in [0, 0.05) is 25.4 Å². The molecule has 0 aliphatic carbocycles. The van der Waals surface area contributed by atoms with Crippen LogP contribution in [0.1, 0.15) is 45.4 Å². The number of aliphatic imine (C=N–C) groups is 3. The fourth-order valence-corrected chi connectivity index (χ4v) is 4.06. The molecule has 0 aliphatic heterocycles. The Balaban J connectivity index is 5.91. The van der Waals surface area contributed by atoms with Gasteiger partial charge in [-0.2, -0.15) is 12.6 Å². The summed E-state index contributed by atoms with van der Waals surface area (Å²) < 4.78 is 0. The number of carboxylic acid groups (broad SMARTS) is 1. The average molecular weight is 691 g/mol. The second kappa shape index (κ2) is 22.9. The van der Waals surface area contributed by atoms with Crippen LogP contribution in [0.5, 0.6) is 0 Å². The molecule has 22 heteroatoms. The van der Waals surface area contributed by atoms with E-state index < -0.39 is 65.9 Å². The van der Waals surface area contributed by atoms with Crippen LogP contribution >= 0.6 is 12.6 Å². The lowest BCUT2D eigenvalue weighted by molar-refractivity contribution is -0.142. The smallest absolute Gasteiger partial charge is 0.326 e. The molecular weight excluding hydrogens is 640 g/mol. The Hall–Kier alpha value is -4.57. The highest BCUT2D eigenvalue weighted by atomic mass is 32.1. The van der Waals surface area contributed by atoms with Crippen molar-refractivity contribution in [1.29, 1.82) is 0 Å². The van der Waals surface area contributed by atoms with Crippen LogP contribution in [0.25, 0.3) is 0 Å². The molecular formula is C25H50N14O7S. The number of carbonyl (C=O) groups is 5. The van der Waals surface area contributed by atoms with E-state index in [9.17, 15) is 34.2 Å². The molecule has 0 fully saturated rings. The largest absolute Gasteiger partial charge is 0.480 e. The molecule has 0 saturated heterocycles. The lowest BCUT2D eigenvalue weighted by atomic mass is 10.1. The van der Waals surface area contributed by atoms with E-state index in [0.717, 1.165) is 0 Å². The van der Waals surface area contributed by atoms with Crippen molar-refractivity contribution in [2.24, 2.45) is 55.1 Å². The SMILES string of the molecule is C[C@@H](O)[C@H](N)C(=O)N[C@@H](CCCN=C(N)N)C(=O)N[C@@H](CCCN=C(N)N)C(=O)N[C@H](CS)C(=O)N[C@@H](CCCN=C(N)N)C(=O)O. The van der Waals surface area contributed by atoms with Gasteiger partial charge in [-0.15, -0.1) is 0 Å². The molecule has 0 unspecified atom stereocenters. The summed E-state index contributed by atoms with van der Waals surface area (Å²) in [5, 5.41) is 29.1. The number of hydrogen-bond donors (Lipinski definition) is 14. The number of carbonyl (C=O) groups excluding carboxylic acids is 4. The molecule has 0 aromatic rings. The minimum atomic E-state index is -1.35. The van der Waals surface area contributed by atoms with E-state index in [0.29, 0.717) is 0 Å². The molecule has 0 heterocycles. The standard InChI is InChI=1S/C25H50N14O7S/c1-12(40)17(26)21(44)37-14(6-3-9-34-24(29)30)18(41)36-13(5-2-8-33-23(27)28)19(42)39-16(11-47)20(43)38-15(22(45)46)7-4-10-35-25(31)32/h12-17,40,47H,2-11,26H2,1H3,(H,36,41)(H,37,44)(H,38,43)(H,39,42)(H,45,46)(H4,27,28,33)(H4,29,30,34)(H4,31,32,35)/t12-,13+,14+,15+,16-,17+/m1/s1. The number of amides is 4. The highest BCUT2D eigenvalue weighted by Crippen LogP contribution is 2.06. The number of carboxylic acids is 1. The molecule has 0 spiro atoms. The van der Waals surface area contributed by atoms with Crippen molar-refractivity contribution in [1.82, 2.24) is 21.3 Å². The summed E-state index contributed by atoms with van der Waals surface area (Å²) >= 11 is 4.12. The third-order valence-corrected chi connectivity index (χ3v) is 6.72. The maximum absolute atomic E-state index is 13.4. The number of aliphatic carboxylic acids is 1. The van der Waals surface area contributed by atoms with E-state index >= 15 is 0 Å². The Kier molecular flexibility index (Phi) is 20.6. The van der Waals surface area contributed by atoms with Gasteiger partial charge in [-0.1, -0.05) is 0 Å². The highest BCUT2D eigenvalue weighted by molar-refractivity contribution is 7.80. The fourth-order valence-electron chi connectivity index (χ4n) is 3.80. The molecule has 268 valence electrons. The van der Waals surface area contributed by atoms with Crippen molar-refractivity contribution in [3.63, 3.8) is 0 Å². The molecule has 4 amide bonds. The van der Waals surface area contributed by atoms with Crippen molar-refractivity contribution in [2.75, 3.05) is 25.4 Å². The third-order valence-electron chi connectivity index (χ3n) is 6.35. The molecule has 0 aliphatic rings. The summed E-state index contributed by atoms with van der Waals surface area (Å²) in [7, 11) is 0. The molecule has 0 rings (SSSR count). The van der Waals surface area contributed by atoms with Crippen molar-refractivity contribution >= 4 is 60.1 Å². The molecule has 0 aromatic carbocycles. The minimum Gasteiger partial charge on any atom is -0.480 e. The van der Waals surface area contributed by atoms with Gasteiger partial charge < -0.3 is 71.6 Å². The maximum atomic E-state index is 13.4. The normalized spacial score (nSPS) is 14.5. The molecule has 0 radical (unpaired) electrons. The first-order chi connectivity index (χ1) is 22.0. The van der Waals surface area contributed by atoms with Gasteiger partial charge in [-0.05, 0) is 45.4 Å². The van der Waals surface area contributed by atoms with Crippen LogP contribution in [0.3, 0.4) is 0 Å². The van der Waals surface area contributed by atoms with Gasteiger partial charge in [-0.25, -0.2) is 4.79 Å². The lowest BCUT2D eigenvalue weighted by Gasteiger charge is -2.26. The molecule has 20 N–H and O–H groups in total. The monoisotopic (exact) mass is 690 g/mol. The first-order valence-electron chi connectivity index (χ1n) is 14.6. The van der Waals surface area contributed by atoms with Crippen LogP contribution in [0.4, 0.5) is 0 Å². The van der Waals surface area contributed by atoms with Gasteiger partial charge in [-0.3, -0.25) is 34.2 Å². The summed E-state index contributed by atoms with van der Waals surface area (Å²) in [4.78, 5) is 75.5. The fraction of sp³-hybridized carbons (Fsp3) is 0.680. The zero-order valence-electron chi connectivity index (χ0n) is 26.3. The van der Waals surface area contributed by atoms with Crippen molar-refractivity contribution in [3.05, 3.63) is 0 Å². The van der Waals surface area contributed by atoms with Gasteiger partial charge in [0.05, 0.1) is 6.10 Å². The predicted molar refractivity (Wildman–Crippen MR) is 179 cm³/mol. The maximum Gasteiger partial charge on any atom is 0.326 e. The van der Waals surface area contributed by atoms with E-state index in [1.165, 1.54) is 6.92 Å². The number of rotatable bonds is 23. The second-order valence-electron chi connectivity index (χ2n) is 10.4. The topological polar surface area (TPSA) is 393 Å². The molecule has 47 heavy (non-hydrogen) atoms. The Labute approximate surface area is 277 Å². The number of nitrogens with two attached hydrogens (primary N) is 7. The number of aliphatic hydroxyl groups excluding tert-OH is 1. The van der Waals surface area contributed by atoms with E-state index in [-0.39, 0.29) is 81.8 Å². The van der Waals surface area contributed by atoms with E-state index in [2.05, 4.69) is 48.9 Å². The molecule has 0 saturated carbocycles. The first-order valence-corrected chi connectivity index (χ1v) is 15.3. The van der Waals surface area contributed by atoms with Gasteiger partial charge in [0.15, 0.2) is 17.9 Å². The van der Waals surface area contributed by atoms with Crippen LogP contribution in [0.15, 0.2) is 15.0 Å². The number of aliphatic hydroxyl groups is 1. The summed E-state index contributed by atoms with van der Waals surface area (Å²) in [5.41, 5.74) is 37.6. The zero-order chi connectivity index (χ0) is 36.1. The summed E-state index contributed by atoms with van der Waals surface area (Å²) in [6.45, 7) is 1.66. The summed E-state index contributed by atoms with van der Waals surface area (Å²) in [5.74, 6) is -5.35. The second-order valence-corrected chi connectivity index (χ2v) is 10.7. The summed E-state index contributed by atoms with van der Waals surface area (Å²) in [6, 6.07) is -6.47. The van der Waals surface area contributed by atoms with E-state index in [1.54, 1.807) is 0 Å². The van der Waals surface area contributed by atoms with Crippen LogP contribution in [-0.4, -0.2) is 119 Å². The van der Waals surface area contributed by atoms with Crippen LogP contribution in [-0.2, 0) is 24.0 Å². The van der Waals surface area contributed by atoms with Crippen LogP contribution in [0.2, 0.25) is 0 Å². The quantitative estimate of drug-likeness (QED) is 0.0205. The van der Waals surface area contributed by atoms with Crippen molar-refractivity contribution < 1.29 is 34.2 Å². The molecule has 0 aromatic heterocycles. The summed E-state index contributed by atoms with van der Waals surface area (Å²) in [6.07, 6.45) is -0.548. The number of hydrogen-bond acceptors (Lipinski definition) is 11. The van der Waals surface area contributed by atoms with Gasteiger partial charge >= 0.3 is 5.97 Å². The average Bonchev–Trinajstić information content (AvgIpc) is 2.98. The number of guanidine groups is 3. The molecule has 0 bridgehead atoms. The number of nitrogens with zero attached hydrogens (tertiary/aromatic N) is 3. The highest BCUT2D eigenvalue weighted by Gasteiger charge is 2.31. The molecule has 6 atom stereocenters. The van der Waals surface area contributed by atoms with Crippen molar-refractivity contribution in [2.45, 2.75) is 81.8 Å². The van der Waals surface area contributed by atoms with Crippen molar-refractivity contribution in [3.8, 4) is 0 Å². The van der Waals surface area contributed by atoms with E-state index in [1.807, 2.05) is 0 Å². The third kappa shape index (κ3) is 18.9. The van der Waals surface area contributed by atoms with Gasteiger partial charge in [0.2, 0.25) is 23.6 Å². The van der Waals surface area contributed by atoms with Crippen LogP contribution < -0.4 is 61.4 Å². The Morgan fingerprint density at radius 1 is 0.617 bits per heavy atom. The first kappa shape index (κ1) is 42.4. The predicted octanol–water partition coefficient (Wildman–Crippen LogP) is -6.19. The Bertz CT molecular complexity index is 1130. The minimum absolute atomic E-state index is 0.0103. The van der Waals surface area contributed by atoms with Gasteiger partial charge in [0.25, 0.3) is 0 Å². The van der Waals surface area contributed by atoms with E-state index in [4.69, 9.17) is 40.1 Å². The van der Waals surface area contributed by atoms with Crippen LogP contribution in [0, 0.1) is 0 Å². The number of nitrogens with one attached hydrogen (secondary N) is 4. The molecule has 21 nitrogen and oxygen atoms in total. The number of thiol groups is 1. The Morgan fingerprint density at radius 2 is 0.936 bits per heavy atom. The zero-order valence-corrected chi connectivity index (χ0v) is 27.2.